The lowest BCUT2D eigenvalue weighted by molar-refractivity contribution is -0.162. The molecule has 9 atom stereocenters. The van der Waals surface area contributed by atoms with Gasteiger partial charge in [0, 0.05) is 5.41 Å². The van der Waals surface area contributed by atoms with E-state index in [1.807, 2.05) is 0 Å². The summed E-state index contributed by atoms with van der Waals surface area (Å²) in [5, 5.41) is 20.7. The fourth-order valence-electron chi connectivity index (χ4n) is 7.66. The molecule has 4 aliphatic rings. The van der Waals surface area contributed by atoms with Crippen LogP contribution in [0.25, 0.3) is 0 Å². The Morgan fingerprint density at radius 3 is 2.52 bits per heavy atom. The molecule has 4 rings (SSSR count). The molecule has 0 saturated heterocycles. The van der Waals surface area contributed by atoms with E-state index < -0.39 is 0 Å². The van der Waals surface area contributed by atoms with Crippen LogP contribution in [-0.2, 0) is 0 Å². The molecule has 2 heteroatoms. The summed E-state index contributed by atoms with van der Waals surface area (Å²) < 4.78 is 0. The second kappa shape index (κ2) is 5.22. The summed E-state index contributed by atoms with van der Waals surface area (Å²) >= 11 is 0. The van der Waals surface area contributed by atoms with E-state index >= 15 is 0 Å². The molecule has 0 radical (unpaired) electrons. The lowest BCUT2D eigenvalue weighted by Crippen LogP contribution is -2.58. The molecule has 0 heterocycles. The molecule has 0 aromatic heterocycles. The molecule has 0 aliphatic heterocycles. The molecule has 0 amide bonds. The zero-order valence-corrected chi connectivity index (χ0v) is 15.1. The number of nitrogens with zero attached hydrogens (tertiary/aromatic N) is 1. The van der Waals surface area contributed by atoms with Crippen molar-refractivity contribution in [2.75, 3.05) is 0 Å². The summed E-state index contributed by atoms with van der Waals surface area (Å²) in [5.74, 6) is 3.86. The average molecular weight is 316 g/mol. The Balaban J connectivity index is 1.67. The van der Waals surface area contributed by atoms with Crippen molar-refractivity contribution >= 4 is 0 Å². The van der Waals surface area contributed by atoms with E-state index in [1.54, 1.807) is 0 Å². The number of hydrogen-bond acceptors (Lipinski definition) is 2. The SMILES string of the molecule is CC1CCC2(C)C(CCC3C2CC(O)C2(C)C(C#N)CCC32)C1. The lowest BCUT2D eigenvalue weighted by Gasteiger charge is -2.62. The molecule has 4 saturated carbocycles. The molecule has 0 aromatic carbocycles. The first kappa shape index (κ1) is 15.9. The van der Waals surface area contributed by atoms with Crippen molar-refractivity contribution in [1.82, 2.24) is 0 Å². The standard InChI is InChI=1S/C21H33NO/c1-13-8-9-20(2)14(10-13)4-6-16-17-7-5-15(12-22)21(17,3)19(23)11-18(16)20/h13-19,23H,4-11H2,1-3H3. The fraction of sp³-hybridized carbons (Fsp3) is 0.952. The molecule has 0 bridgehead atoms. The molecule has 1 N–H and O–H groups in total. The van der Waals surface area contributed by atoms with Gasteiger partial charge in [-0.05, 0) is 80.0 Å². The van der Waals surface area contributed by atoms with Crippen LogP contribution in [-0.4, -0.2) is 11.2 Å². The third-order valence-corrected chi connectivity index (χ3v) is 9.19. The van der Waals surface area contributed by atoms with Crippen LogP contribution < -0.4 is 0 Å². The minimum atomic E-state index is -0.268. The van der Waals surface area contributed by atoms with Crippen molar-refractivity contribution in [1.29, 1.82) is 5.26 Å². The van der Waals surface area contributed by atoms with Crippen LogP contribution in [0, 0.1) is 57.7 Å². The van der Waals surface area contributed by atoms with E-state index in [1.165, 1.54) is 38.5 Å². The largest absolute Gasteiger partial charge is 0.392 e. The zero-order valence-electron chi connectivity index (χ0n) is 15.1. The molecular formula is C21H33NO. The molecular weight excluding hydrogens is 282 g/mol. The quantitative estimate of drug-likeness (QED) is 0.699. The van der Waals surface area contributed by atoms with Gasteiger partial charge in [0.25, 0.3) is 0 Å². The van der Waals surface area contributed by atoms with Gasteiger partial charge in [-0.15, -0.1) is 0 Å². The van der Waals surface area contributed by atoms with Gasteiger partial charge in [0.1, 0.15) is 0 Å². The molecule has 9 unspecified atom stereocenters. The zero-order chi connectivity index (χ0) is 16.4. The Morgan fingerprint density at radius 2 is 1.78 bits per heavy atom. The van der Waals surface area contributed by atoms with Crippen LogP contribution in [0.1, 0.15) is 72.1 Å². The van der Waals surface area contributed by atoms with Gasteiger partial charge in [-0.2, -0.15) is 5.26 Å². The van der Waals surface area contributed by atoms with Gasteiger partial charge in [-0.25, -0.2) is 0 Å². The van der Waals surface area contributed by atoms with Gasteiger partial charge in [-0.3, -0.25) is 0 Å². The van der Waals surface area contributed by atoms with Gasteiger partial charge in [0.2, 0.25) is 0 Å². The second-order valence-corrected chi connectivity index (χ2v) is 9.91. The predicted octanol–water partition coefficient (Wildman–Crippen LogP) is 4.78. The maximum absolute atomic E-state index is 11.1. The van der Waals surface area contributed by atoms with Gasteiger partial charge in [-0.1, -0.05) is 27.2 Å². The summed E-state index contributed by atoms with van der Waals surface area (Å²) in [7, 11) is 0. The topological polar surface area (TPSA) is 44.0 Å². The predicted molar refractivity (Wildman–Crippen MR) is 91.4 cm³/mol. The van der Waals surface area contributed by atoms with Gasteiger partial charge < -0.3 is 5.11 Å². The van der Waals surface area contributed by atoms with Crippen molar-refractivity contribution in [2.45, 2.75) is 78.2 Å². The highest BCUT2D eigenvalue weighted by atomic mass is 16.3. The van der Waals surface area contributed by atoms with Crippen LogP contribution in [0.3, 0.4) is 0 Å². The monoisotopic (exact) mass is 315 g/mol. The highest BCUT2D eigenvalue weighted by Gasteiger charge is 2.63. The van der Waals surface area contributed by atoms with Gasteiger partial charge in [0.15, 0.2) is 0 Å². The summed E-state index contributed by atoms with van der Waals surface area (Å²) in [5.41, 5.74) is 0.309. The fourth-order valence-corrected chi connectivity index (χ4v) is 7.66. The van der Waals surface area contributed by atoms with E-state index in [4.69, 9.17) is 0 Å². The molecule has 2 nitrogen and oxygen atoms in total. The van der Waals surface area contributed by atoms with Gasteiger partial charge in [0.05, 0.1) is 18.1 Å². The molecule has 0 spiro atoms. The number of aliphatic hydroxyl groups excluding tert-OH is 1. The van der Waals surface area contributed by atoms with E-state index in [-0.39, 0.29) is 17.4 Å². The molecule has 128 valence electrons. The first-order valence-corrected chi connectivity index (χ1v) is 9.99. The second-order valence-electron chi connectivity index (χ2n) is 9.91. The minimum absolute atomic E-state index is 0.0698. The van der Waals surface area contributed by atoms with Crippen molar-refractivity contribution in [3.8, 4) is 6.07 Å². The minimum Gasteiger partial charge on any atom is -0.392 e. The summed E-state index contributed by atoms with van der Waals surface area (Å²) in [6.45, 7) is 7.20. The maximum atomic E-state index is 11.1. The van der Waals surface area contributed by atoms with Crippen LogP contribution in [0.15, 0.2) is 0 Å². The van der Waals surface area contributed by atoms with E-state index in [2.05, 4.69) is 26.8 Å². The number of nitriles is 1. The van der Waals surface area contributed by atoms with Crippen molar-refractivity contribution in [3.63, 3.8) is 0 Å². The van der Waals surface area contributed by atoms with Crippen LogP contribution in [0.4, 0.5) is 0 Å². The van der Waals surface area contributed by atoms with Crippen LogP contribution in [0.2, 0.25) is 0 Å². The first-order valence-electron chi connectivity index (χ1n) is 9.99. The molecule has 4 aliphatic carbocycles. The van der Waals surface area contributed by atoms with Crippen LogP contribution >= 0.6 is 0 Å². The van der Waals surface area contributed by atoms with Crippen molar-refractivity contribution in [2.24, 2.45) is 46.3 Å². The van der Waals surface area contributed by atoms with E-state index in [9.17, 15) is 10.4 Å². The number of aliphatic hydroxyl groups is 1. The average Bonchev–Trinajstić information content (AvgIpc) is 2.87. The van der Waals surface area contributed by atoms with E-state index in [0.29, 0.717) is 17.3 Å². The Hall–Kier alpha value is -0.550. The summed E-state index contributed by atoms with van der Waals surface area (Å²) in [4.78, 5) is 0. The normalized spacial score (nSPS) is 58.7. The Kier molecular flexibility index (Phi) is 3.62. The van der Waals surface area contributed by atoms with Crippen molar-refractivity contribution < 1.29 is 5.11 Å². The van der Waals surface area contributed by atoms with Crippen LogP contribution in [0.5, 0.6) is 0 Å². The first-order chi connectivity index (χ1) is 10.9. The highest BCUT2D eigenvalue weighted by Crippen LogP contribution is 2.67. The summed E-state index contributed by atoms with van der Waals surface area (Å²) in [6.07, 6.45) is 9.74. The number of rotatable bonds is 0. The molecule has 0 aromatic rings. The summed E-state index contributed by atoms with van der Waals surface area (Å²) in [6, 6.07) is 2.54. The Bertz CT molecular complexity index is 524. The third-order valence-electron chi connectivity index (χ3n) is 9.19. The Labute approximate surface area is 141 Å². The molecule has 23 heavy (non-hydrogen) atoms. The maximum Gasteiger partial charge on any atom is 0.0662 e. The highest BCUT2D eigenvalue weighted by molar-refractivity contribution is 5.15. The van der Waals surface area contributed by atoms with Crippen molar-refractivity contribution in [3.05, 3.63) is 0 Å². The smallest absolute Gasteiger partial charge is 0.0662 e. The number of hydrogen-bond donors (Lipinski definition) is 1. The Morgan fingerprint density at radius 1 is 1.00 bits per heavy atom. The lowest BCUT2D eigenvalue weighted by atomic mass is 9.43. The molecule has 4 fully saturated rings. The third kappa shape index (κ3) is 2.02. The van der Waals surface area contributed by atoms with Gasteiger partial charge >= 0.3 is 0 Å². The number of fused-ring (bicyclic) bond motifs is 5. The van der Waals surface area contributed by atoms with E-state index in [0.717, 1.165) is 30.6 Å².